The smallest absolute Gasteiger partial charge is 0.462 e. The molecule has 0 radical (unpaired) electrons. The number of unbranched alkanes of at least 4 members (excludes halogenated alkanes) is 28. The molecule has 96 heavy (non-hydrogen) atoms. The minimum Gasteiger partial charge on any atom is -0.462 e. The van der Waals surface area contributed by atoms with Crippen molar-refractivity contribution in [2.75, 3.05) is 39.6 Å². The van der Waals surface area contributed by atoms with E-state index in [9.17, 15) is 43.2 Å². The molecule has 3 N–H and O–H groups in total. The van der Waals surface area contributed by atoms with E-state index in [1.165, 1.54) is 64.2 Å². The fourth-order valence-corrected chi connectivity index (χ4v) is 11.3. The Bertz CT molecular complexity index is 2200. The lowest BCUT2D eigenvalue weighted by Gasteiger charge is -2.21. The van der Waals surface area contributed by atoms with E-state index in [4.69, 9.17) is 37.0 Å². The van der Waals surface area contributed by atoms with Gasteiger partial charge in [-0.2, -0.15) is 0 Å². The molecule has 5 atom stereocenters. The fourth-order valence-electron chi connectivity index (χ4n) is 9.73. The summed E-state index contributed by atoms with van der Waals surface area (Å²) in [7, 11) is -9.95. The molecule has 0 bridgehead atoms. The molecule has 19 heteroatoms. The number of esters is 4. The van der Waals surface area contributed by atoms with Gasteiger partial charge in [-0.25, -0.2) is 9.13 Å². The topological polar surface area (TPSA) is 237 Å². The van der Waals surface area contributed by atoms with E-state index in [0.29, 0.717) is 25.7 Å². The van der Waals surface area contributed by atoms with Crippen LogP contribution in [0, 0.1) is 0 Å². The minimum absolute atomic E-state index is 0.0761. The Balaban J connectivity index is 5.31. The van der Waals surface area contributed by atoms with Gasteiger partial charge in [-0.1, -0.05) is 247 Å². The third kappa shape index (κ3) is 68.5. The lowest BCUT2D eigenvalue weighted by Crippen LogP contribution is -2.30. The molecular weight excluding hydrogens is 1260 g/mol. The highest BCUT2D eigenvalue weighted by molar-refractivity contribution is 7.47. The molecule has 5 unspecified atom stereocenters. The molecule has 0 aliphatic carbocycles. The highest BCUT2D eigenvalue weighted by atomic mass is 31.2. The Morgan fingerprint density at radius 3 is 0.885 bits per heavy atom. The van der Waals surface area contributed by atoms with Crippen molar-refractivity contribution in [1.29, 1.82) is 0 Å². The van der Waals surface area contributed by atoms with Crippen LogP contribution in [0.25, 0.3) is 0 Å². The van der Waals surface area contributed by atoms with Crippen molar-refractivity contribution < 1.29 is 80.2 Å². The number of carbonyl (C=O) groups excluding carboxylic acids is 4. The maximum Gasteiger partial charge on any atom is 0.472 e. The predicted molar refractivity (Wildman–Crippen MR) is 390 cm³/mol. The molecule has 0 aliphatic rings. The van der Waals surface area contributed by atoms with E-state index in [0.717, 1.165) is 167 Å². The van der Waals surface area contributed by atoms with Crippen LogP contribution in [0.3, 0.4) is 0 Å². The maximum absolute atomic E-state index is 13.0. The van der Waals surface area contributed by atoms with Crippen molar-refractivity contribution in [3.63, 3.8) is 0 Å². The molecule has 0 saturated heterocycles. The maximum atomic E-state index is 13.0. The Morgan fingerprint density at radius 2 is 0.552 bits per heavy atom. The Morgan fingerprint density at radius 1 is 0.302 bits per heavy atom. The van der Waals surface area contributed by atoms with Crippen molar-refractivity contribution in [2.45, 2.75) is 329 Å². The fraction of sp³-hybridized carbons (Fsp3) is 0.740. The van der Waals surface area contributed by atoms with Crippen molar-refractivity contribution in [1.82, 2.24) is 0 Å². The van der Waals surface area contributed by atoms with Gasteiger partial charge in [-0.15, -0.1) is 0 Å². The number of phosphoric ester groups is 2. The molecule has 0 amide bonds. The number of aliphatic hydroxyl groups excluding tert-OH is 1. The van der Waals surface area contributed by atoms with Crippen molar-refractivity contribution >= 4 is 39.5 Å². The second kappa shape index (κ2) is 69.5. The summed E-state index contributed by atoms with van der Waals surface area (Å²) in [5.41, 5.74) is 0. The van der Waals surface area contributed by atoms with Gasteiger partial charge in [0.15, 0.2) is 12.2 Å². The first kappa shape index (κ1) is 92.0. The number of hydrogen-bond donors (Lipinski definition) is 3. The van der Waals surface area contributed by atoms with E-state index < -0.39 is 97.5 Å². The number of rotatable bonds is 70. The van der Waals surface area contributed by atoms with Gasteiger partial charge in [0.2, 0.25) is 0 Å². The van der Waals surface area contributed by atoms with Crippen LogP contribution in [-0.2, 0) is 65.4 Å². The van der Waals surface area contributed by atoms with E-state index in [-0.39, 0.29) is 25.7 Å². The molecule has 0 aromatic heterocycles. The molecule has 17 nitrogen and oxygen atoms in total. The molecule has 0 spiro atoms. The van der Waals surface area contributed by atoms with E-state index >= 15 is 0 Å². The number of allylic oxidation sites excluding steroid dienone is 16. The average Bonchev–Trinajstić information content (AvgIpc) is 1.15. The van der Waals surface area contributed by atoms with E-state index in [2.05, 4.69) is 125 Å². The summed E-state index contributed by atoms with van der Waals surface area (Å²) >= 11 is 0. The Kier molecular flexibility index (Phi) is 66.6. The van der Waals surface area contributed by atoms with Gasteiger partial charge in [0.05, 0.1) is 26.4 Å². The quantitative estimate of drug-likeness (QED) is 0.0169. The second-order valence-electron chi connectivity index (χ2n) is 24.8. The Labute approximate surface area is 582 Å². The monoisotopic (exact) mass is 1390 g/mol. The number of ether oxygens (including phenoxy) is 4. The van der Waals surface area contributed by atoms with E-state index in [1.807, 2.05) is 0 Å². The summed E-state index contributed by atoms with van der Waals surface area (Å²) in [6, 6.07) is 0. The van der Waals surface area contributed by atoms with Crippen LogP contribution in [0.2, 0.25) is 0 Å². The lowest BCUT2D eigenvalue weighted by molar-refractivity contribution is -0.161. The summed E-state index contributed by atoms with van der Waals surface area (Å²) in [5.74, 6) is -2.23. The van der Waals surface area contributed by atoms with Crippen LogP contribution in [0.4, 0.5) is 0 Å². The van der Waals surface area contributed by atoms with Gasteiger partial charge in [0.25, 0.3) is 0 Å². The third-order valence-corrected chi connectivity index (χ3v) is 17.4. The molecule has 0 heterocycles. The standard InChI is InChI=1S/C77H134O17P2/c1-5-9-13-17-21-25-29-31-33-34-35-36-38-40-44-46-50-54-58-62-75(80)88-68-73(94-77(82)64-60-56-52-48-42-28-24-20-16-12-8-4)70-92-96(85,86)90-66-71(78)65-89-95(83,84)91-69-72(93-76(81)63-59-55-51-47-41-27-23-19-15-11-7-3)67-87-74(79)61-57-53-49-45-43-39-37-32-30-26-22-18-14-10-6-2/h9,13,19-21,23-25,31-33,35-37,40,44,71-73,78H,5-8,10-12,14-18,22,26-30,34,38-39,41-43,45-70H2,1-4H3,(H,83,84)(H,85,86)/b13-9-,23-19-,24-20-,25-21-,33-31-,36-35-,37-32-,44-40-. The molecule has 0 saturated carbocycles. The zero-order valence-electron chi connectivity index (χ0n) is 60.3. The van der Waals surface area contributed by atoms with Crippen molar-refractivity contribution in [3.8, 4) is 0 Å². The summed E-state index contributed by atoms with van der Waals surface area (Å²) in [6.45, 7) is 4.61. The summed E-state index contributed by atoms with van der Waals surface area (Å²) in [5, 5.41) is 10.6. The predicted octanol–water partition coefficient (Wildman–Crippen LogP) is 21.2. The first-order chi connectivity index (χ1) is 46.7. The van der Waals surface area contributed by atoms with Crippen LogP contribution in [0.5, 0.6) is 0 Å². The summed E-state index contributed by atoms with van der Waals surface area (Å²) < 4.78 is 68.3. The van der Waals surface area contributed by atoms with Crippen LogP contribution in [-0.4, -0.2) is 96.7 Å². The SMILES string of the molecule is CC/C=C\C/C=C\C/C=C\C/C=C\C/C=C\CCCCCC(=O)OCC(COP(=O)(O)OCC(O)COP(=O)(O)OCC(COC(=O)CCCCCCC/C=C\CCCCCCCC)OC(=O)CCCCCCC/C=C\CCCC)OC(=O)CCCCCCC/C=C\CCCC. The van der Waals surface area contributed by atoms with Gasteiger partial charge in [-0.05, 0) is 135 Å². The normalized spacial score (nSPS) is 14.5. The van der Waals surface area contributed by atoms with Gasteiger partial charge in [-0.3, -0.25) is 37.3 Å². The van der Waals surface area contributed by atoms with Crippen molar-refractivity contribution in [3.05, 3.63) is 97.2 Å². The molecule has 0 aliphatic heterocycles. The van der Waals surface area contributed by atoms with Crippen LogP contribution >= 0.6 is 15.6 Å². The molecule has 0 rings (SSSR count). The van der Waals surface area contributed by atoms with E-state index in [1.54, 1.807) is 0 Å². The third-order valence-electron chi connectivity index (χ3n) is 15.5. The molecule has 0 aromatic carbocycles. The molecule has 554 valence electrons. The number of hydrogen-bond acceptors (Lipinski definition) is 15. The highest BCUT2D eigenvalue weighted by Gasteiger charge is 2.30. The largest absolute Gasteiger partial charge is 0.472 e. The number of aliphatic hydroxyl groups is 1. The highest BCUT2D eigenvalue weighted by Crippen LogP contribution is 2.45. The van der Waals surface area contributed by atoms with Crippen LogP contribution < -0.4 is 0 Å². The molecule has 0 fully saturated rings. The van der Waals surface area contributed by atoms with Crippen LogP contribution in [0.1, 0.15) is 310 Å². The van der Waals surface area contributed by atoms with Gasteiger partial charge >= 0.3 is 39.5 Å². The average molecular weight is 1390 g/mol. The summed E-state index contributed by atoms with van der Waals surface area (Å²) in [6.07, 6.45) is 71.3. The van der Waals surface area contributed by atoms with Gasteiger partial charge in [0.1, 0.15) is 19.3 Å². The summed E-state index contributed by atoms with van der Waals surface area (Å²) in [4.78, 5) is 72.7. The number of carbonyl (C=O) groups is 4. The molecular formula is C77H134O17P2. The zero-order chi connectivity index (χ0) is 70.4. The molecule has 0 aromatic rings. The lowest BCUT2D eigenvalue weighted by atomic mass is 10.1. The second-order valence-corrected chi connectivity index (χ2v) is 27.8. The van der Waals surface area contributed by atoms with Crippen molar-refractivity contribution in [2.24, 2.45) is 0 Å². The minimum atomic E-state index is -4.98. The first-order valence-electron chi connectivity index (χ1n) is 37.5. The number of phosphoric acid groups is 2. The first-order valence-corrected chi connectivity index (χ1v) is 40.5. The van der Waals surface area contributed by atoms with Crippen LogP contribution in [0.15, 0.2) is 97.2 Å². The Hall–Kier alpha value is -4.02. The zero-order valence-corrected chi connectivity index (χ0v) is 62.1. The van der Waals surface area contributed by atoms with Gasteiger partial charge < -0.3 is 33.8 Å². The van der Waals surface area contributed by atoms with Gasteiger partial charge in [0, 0.05) is 25.7 Å².